The summed E-state index contributed by atoms with van der Waals surface area (Å²) in [5, 5.41) is 3.19. The highest BCUT2D eigenvalue weighted by Crippen LogP contribution is 2.41. The molecule has 4 heterocycles. The molecule has 3 saturated heterocycles. The average molecular weight is 335 g/mol. The monoisotopic (exact) mass is 335 g/mol. The Morgan fingerprint density at radius 2 is 2.17 bits per heavy atom. The third-order valence-electron chi connectivity index (χ3n) is 5.68. The number of nitrogens with zero attached hydrogens (tertiary/aromatic N) is 3. The topological polar surface area (TPSA) is 45.7 Å². The highest BCUT2D eigenvalue weighted by Gasteiger charge is 2.49. The summed E-state index contributed by atoms with van der Waals surface area (Å²) in [6.45, 7) is 5.37. The normalized spacial score (nSPS) is 30.4. The number of ether oxygens (including phenoxy) is 1. The number of rotatable bonds is 3. The molecule has 1 amide bonds. The smallest absolute Gasteiger partial charge is 0.230 e. The van der Waals surface area contributed by atoms with Gasteiger partial charge in [-0.25, -0.2) is 4.98 Å². The van der Waals surface area contributed by atoms with Gasteiger partial charge >= 0.3 is 0 Å². The quantitative estimate of drug-likeness (QED) is 0.849. The van der Waals surface area contributed by atoms with Crippen LogP contribution in [0.1, 0.15) is 37.1 Å². The molecule has 3 aliphatic rings. The first kappa shape index (κ1) is 15.5. The van der Waals surface area contributed by atoms with Crippen molar-refractivity contribution >= 4 is 17.2 Å². The Morgan fingerprint density at radius 1 is 1.30 bits per heavy atom. The van der Waals surface area contributed by atoms with Crippen LogP contribution in [0.4, 0.5) is 0 Å². The van der Waals surface area contributed by atoms with Gasteiger partial charge in [-0.2, -0.15) is 0 Å². The van der Waals surface area contributed by atoms with Gasteiger partial charge in [0.2, 0.25) is 5.91 Å². The summed E-state index contributed by atoms with van der Waals surface area (Å²) in [7, 11) is 0. The first-order chi connectivity index (χ1) is 11.3. The van der Waals surface area contributed by atoms with Gasteiger partial charge in [-0.3, -0.25) is 9.69 Å². The van der Waals surface area contributed by atoms with Crippen LogP contribution in [0.3, 0.4) is 0 Å². The molecule has 0 bridgehead atoms. The SMILES string of the molecule is O=C1N(C2CCOCC2)CCCC12CCN(Cc1nccs1)C2. The van der Waals surface area contributed by atoms with Crippen molar-refractivity contribution in [3.05, 3.63) is 16.6 Å². The molecule has 1 aromatic heterocycles. The van der Waals surface area contributed by atoms with Gasteiger partial charge in [0.05, 0.1) is 12.0 Å². The summed E-state index contributed by atoms with van der Waals surface area (Å²) >= 11 is 1.71. The molecule has 4 rings (SSSR count). The van der Waals surface area contributed by atoms with Crippen molar-refractivity contribution in [1.29, 1.82) is 0 Å². The van der Waals surface area contributed by atoms with Crippen molar-refractivity contribution in [2.24, 2.45) is 5.41 Å². The second-order valence-electron chi connectivity index (χ2n) is 7.11. The lowest BCUT2D eigenvalue weighted by Crippen LogP contribution is -2.54. The van der Waals surface area contributed by atoms with Gasteiger partial charge in [0.15, 0.2) is 0 Å². The fourth-order valence-corrected chi connectivity index (χ4v) is 5.10. The minimum Gasteiger partial charge on any atom is -0.381 e. The molecule has 5 nitrogen and oxygen atoms in total. The third kappa shape index (κ3) is 3.04. The van der Waals surface area contributed by atoms with Gasteiger partial charge < -0.3 is 9.64 Å². The molecule has 0 aromatic carbocycles. The summed E-state index contributed by atoms with van der Waals surface area (Å²) in [6.07, 6.45) is 7.09. The zero-order chi connectivity index (χ0) is 15.7. The summed E-state index contributed by atoms with van der Waals surface area (Å²) in [5.41, 5.74) is -0.131. The number of thiazole rings is 1. The van der Waals surface area contributed by atoms with Crippen molar-refractivity contribution in [3.63, 3.8) is 0 Å². The highest BCUT2D eigenvalue weighted by atomic mass is 32.1. The van der Waals surface area contributed by atoms with E-state index in [2.05, 4.69) is 14.8 Å². The van der Waals surface area contributed by atoms with E-state index in [-0.39, 0.29) is 5.41 Å². The molecule has 0 aliphatic carbocycles. The van der Waals surface area contributed by atoms with Crippen molar-refractivity contribution in [2.45, 2.75) is 44.7 Å². The van der Waals surface area contributed by atoms with Gasteiger partial charge in [0, 0.05) is 43.9 Å². The minimum atomic E-state index is -0.131. The maximum Gasteiger partial charge on any atom is 0.230 e. The summed E-state index contributed by atoms with van der Waals surface area (Å²) in [4.78, 5) is 22.2. The predicted octanol–water partition coefficient (Wildman–Crippen LogP) is 2.14. The second-order valence-corrected chi connectivity index (χ2v) is 8.09. The van der Waals surface area contributed by atoms with Crippen molar-refractivity contribution in [1.82, 2.24) is 14.8 Å². The summed E-state index contributed by atoms with van der Waals surface area (Å²) < 4.78 is 5.47. The zero-order valence-corrected chi connectivity index (χ0v) is 14.4. The molecular weight excluding hydrogens is 310 g/mol. The fraction of sp³-hybridized carbons (Fsp3) is 0.765. The Labute approximate surface area is 141 Å². The maximum atomic E-state index is 13.2. The lowest BCUT2D eigenvalue weighted by molar-refractivity contribution is -0.150. The Kier molecular flexibility index (Phi) is 4.39. The van der Waals surface area contributed by atoms with Crippen molar-refractivity contribution in [2.75, 3.05) is 32.8 Å². The van der Waals surface area contributed by atoms with E-state index in [1.165, 1.54) is 0 Å². The first-order valence-electron chi connectivity index (χ1n) is 8.76. The van der Waals surface area contributed by atoms with Crippen LogP contribution < -0.4 is 0 Å². The molecule has 0 saturated carbocycles. The number of aromatic nitrogens is 1. The molecule has 23 heavy (non-hydrogen) atoms. The Balaban J connectivity index is 1.44. The van der Waals surface area contributed by atoms with Gasteiger partial charge in [-0.05, 0) is 38.6 Å². The van der Waals surface area contributed by atoms with E-state index in [4.69, 9.17) is 4.74 Å². The molecule has 3 aliphatic heterocycles. The van der Waals surface area contributed by atoms with Gasteiger partial charge in [0.25, 0.3) is 0 Å². The number of carbonyl (C=O) groups is 1. The van der Waals surface area contributed by atoms with E-state index >= 15 is 0 Å². The maximum absolute atomic E-state index is 13.2. The van der Waals surface area contributed by atoms with Crippen molar-refractivity contribution in [3.8, 4) is 0 Å². The molecule has 1 aromatic rings. The fourth-order valence-electron chi connectivity index (χ4n) is 4.44. The van der Waals surface area contributed by atoms with E-state index in [0.29, 0.717) is 11.9 Å². The van der Waals surface area contributed by atoms with E-state index < -0.39 is 0 Å². The summed E-state index contributed by atoms with van der Waals surface area (Å²) in [6, 6.07) is 0.404. The standard InChI is InChI=1S/C17H25N3O2S/c21-16-17(4-1-7-20(16)14-2-9-22-10-3-14)5-8-19(13-17)12-15-18-6-11-23-15/h6,11,14H,1-5,7-10,12-13H2. The van der Waals surface area contributed by atoms with E-state index in [9.17, 15) is 4.79 Å². The van der Waals surface area contributed by atoms with E-state index in [1.54, 1.807) is 11.3 Å². The number of hydrogen-bond donors (Lipinski definition) is 0. The van der Waals surface area contributed by atoms with Crippen molar-refractivity contribution < 1.29 is 9.53 Å². The van der Waals surface area contributed by atoms with Crippen LogP contribution in [0.15, 0.2) is 11.6 Å². The number of piperidine rings is 1. The van der Waals surface area contributed by atoms with Crippen LogP contribution in [0, 0.1) is 5.41 Å². The zero-order valence-electron chi connectivity index (χ0n) is 13.6. The van der Waals surface area contributed by atoms with E-state index in [0.717, 1.165) is 76.5 Å². The van der Waals surface area contributed by atoms with Crippen LogP contribution >= 0.6 is 11.3 Å². The van der Waals surface area contributed by atoms with Crippen LogP contribution in [0.5, 0.6) is 0 Å². The highest BCUT2D eigenvalue weighted by molar-refractivity contribution is 7.09. The second kappa shape index (κ2) is 6.49. The lowest BCUT2D eigenvalue weighted by atomic mass is 9.77. The third-order valence-corrected chi connectivity index (χ3v) is 6.44. The number of carbonyl (C=O) groups excluding carboxylic acids is 1. The van der Waals surface area contributed by atoms with Crippen LogP contribution in [0.2, 0.25) is 0 Å². The predicted molar refractivity (Wildman–Crippen MR) is 89.2 cm³/mol. The number of likely N-dealkylation sites (tertiary alicyclic amines) is 2. The largest absolute Gasteiger partial charge is 0.381 e. The Bertz CT molecular complexity index is 544. The average Bonchev–Trinajstić information content (AvgIpc) is 3.23. The van der Waals surface area contributed by atoms with Crippen LogP contribution in [-0.4, -0.2) is 59.6 Å². The summed E-state index contributed by atoms with van der Waals surface area (Å²) in [5.74, 6) is 0.414. The molecule has 126 valence electrons. The number of amides is 1. The molecule has 0 N–H and O–H groups in total. The molecular formula is C17H25N3O2S. The lowest BCUT2D eigenvalue weighted by Gasteiger charge is -2.44. The number of hydrogen-bond acceptors (Lipinski definition) is 5. The molecule has 1 unspecified atom stereocenters. The minimum absolute atomic E-state index is 0.131. The first-order valence-corrected chi connectivity index (χ1v) is 9.64. The molecule has 1 spiro atoms. The van der Waals surface area contributed by atoms with Gasteiger partial charge in [-0.1, -0.05) is 0 Å². The Morgan fingerprint density at radius 3 is 2.96 bits per heavy atom. The Hall–Kier alpha value is -0.980. The van der Waals surface area contributed by atoms with Gasteiger partial charge in [-0.15, -0.1) is 11.3 Å². The molecule has 0 radical (unpaired) electrons. The van der Waals surface area contributed by atoms with Gasteiger partial charge in [0.1, 0.15) is 5.01 Å². The molecule has 1 atom stereocenters. The molecule has 6 heteroatoms. The van der Waals surface area contributed by atoms with Crippen LogP contribution in [0.25, 0.3) is 0 Å². The van der Waals surface area contributed by atoms with E-state index in [1.807, 2.05) is 11.6 Å². The molecule has 3 fully saturated rings. The van der Waals surface area contributed by atoms with Crippen LogP contribution in [-0.2, 0) is 16.1 Å².